The summed E-state index contributed by atoms with van der Waals surface area (Å²) in [6, 6.07) is 4.93. The van der Waals surface area contributed by atoms with Crippen LogP contribution in [0.1, 0.15) is 5.76 Å². The molecule has 9 heteroatoms. The van der Waals surface area contributed by atoms with Crippen molar-refractivity contribution in [3.63, 3.8) is 0 Å². The van der Waals surface area contributed by atoms with Gasteiger partial charge in [0.05, 0.1) is 15.8 Å². The van der Waals surface area contributed by atoms with Crippen molar-refractivity contribution in [1.29, 1.82) is 0 Å². The predicted molar refractivity (Wildman–Crippen MR) is 91.0 cm³/mol. The summed E-state index contributed by atoms with van der Waals surface area (Å²) in [6.45, 7) is 0.395. The van der Waals surface area contributed by atoms with E-state index in [1.54, 1.807) is 18.2 Å². The smallest absolute Gasteiger partial charge is 0.445 e. The Bertz CT molecular complexity index is 708. The van der Waals surface area contributed by atoms with Gasteiger partial charge in [-0.25, -0.2) is 0 Å². The minimum absolute atomic E-state index is 0.000355. The number of alkyl halides is 3. The molecule has 1 aromatic carbocycles. The number of thioether (sulfide) groups is 1. The largest absolute Gasteiger partial charge is 0.446 e. The third kappa shape index (κ3) is 4.76. The van der Waals surface area contributed by atoms with E-state index in [9.17, 15) is 13.2 Å². The lowest BCUT2D eigenvalue weighted by molar-refractivity contribution is -0.0328. The summed E-state index contributed by atoms with van der Waals surface area (Å²) in [5.41, 5.74) is -4.06. The van der Waals surface area contributed by atoms with Crippen molar-refractivity contribution < 1.29 is 22.1 Å². The first-order valence-corrected chi connectivity index (χ1v) is 11.0. The first-order chi connectivity index (χ1) is 9.92. The Morgan fingerprint density at radius 2 is 2.19 bits per heavy atom. The normalized spacial score (nSPS) is 12.0. The fraction of sp³-hybridized carbons (Fsp3) is 0.167. The van der Waals surface area contributed by atoms with Crippen LogP contribution in [0.15, 0.2) is 32.0 Å². The molecule has 0 N–H and O–H groups in total. The zero-order chi connectivity index (χ0) is 15.5. The van der Waals surface area contributed by atoms with E-state index in [2.05, 4.69) is 27.8 Å². The van der Waals surface area contributed by atoms with E-state index in [1.165, 1.54) is 0 Å². The van der Waals surface area contributed by atoms with Crippen molar-refractivity contribution in [2.75, 3.05) is 6.61 Å². The van der Waals surface area contributed by atoms with Crippen molar-refractivity contribution in [3.8, 4) is 11.8 Å². The van der Waals surface area contributed by atoms with Gasteiger partial charge in [0.1, 0.15) is 6.61 Å². The molecule has 0 amide bonds. The number of hydrogen-bond donors (Lipinski definition) is 0. The van der Waals surface area contributed by atoms with Gasteiger partial charge in [0.15, 0.2) is 11.3 Å². The maximum absolute atomic E-state index is 12.7. The van der Waals surface area contributed by atoms with Crippen LogP contribution in [0.2, 0.25) is 0 Å². The van der Waals surface area contributed by atoms with Crippen LogP contribution in [0.4, 0.5) is 13.2 Å². The van der Waals surface area contributed by atoms with Crippen LogP contribution in [-0.4, -0.2) is 12.1 Å². The molecule has 21 heavy (non-hydrogen) atoms. The second kappa shape index (κ2) is 7.55. The van der Waals surface area contributed by atoms with Gasteiger partial charge in [-0.15, -0.1) is 0 Å². The van der Waals surface area contributed by atoms with E-state index in [1.807, 2.05) is 22.0 Å². The third-order valence-corrected chi connectivity index (χ3v) is 4.89. The van der Waals surface area contributed by atoms with Crippen LogP contribution < -0.4 is 0 Å². The van der Waals surface area contributed by atoms with Gasteiger partial charge in [0, 0.05) is 5.39 Å². The van der Waals surface area contributed by atoms with Gasteiger partial charge in [0.25, 0.3) is 0 Å². The number of rotatable bonds is 3. The molecule has 0 aliphatic carbocycles. The number of halogens is 5. The molecule has 1 atom stereocenters. The molecule has 1 aromatic heterocycles. The average Bonchev–Trinajstić information content (AvgIpc) is 2.73. The Kier molecular flexibility index (Phi) is 6.26. The summed E-state index contributed by atoms with van der Waals surface area (Å²) >= 11 is 5.08. The highest BCUT2D eigenvalue weighted by atomic mass is 127. The van der Waals surface area contributed by atoms with Crippen molar-refractivity contribution in [3.05, 3.63) is 28.4 Å². The third-order valence-electron chi connectivity index (χ3n) is 2.24. The maximum atomic E-state index is 12.7. The molecule has 0 saturated carbocycles. The van der Waals surface area contributed by atoms with Crippen LogP contribution in [0.3, 0.4) is 0 Å². The molecular formula is C12H6BrF3IO2PS. The molecule has 0 spiro atoms. The molecule has 0 aliphatic rings. The number of furan rings is 1. The Labute approximate surface area is 146 Å². The topological polar surface area (TPSA) is 22.4 Å². The van der Waals surface area contributed by atoms with E-state index in [0.717, 1.165) is 0 Å². The van der Waals surface area contributed by atoms with Crippen LogP contribution in [-0.2, 0) is 4.52 Å². The number of benzene rings is 1. The average molecular weight is 509 g/mol. The second-order valence-electron chi connectivity index (χ2n) is 3.59. The van der Waals surface area contributed by atoms with E-state index in [4.69, 9.17) is 8.94 Å². The van der Waals surface area contributed by atoms with E-state index in [0.29, 0.717) is 15.4 Å². The summed E-state index contributed by atoms with van der Waals surface area (Å²) in [4.78, 5) is -0.0248. The molecule has 0 fully saturated rings. The summed E-state index contributed by atoms with van der Waals surface area (Å²) in [5.74, 6) is 5.25. The summed E-state index contributed by atoms with van der Waals surface area (Å²) < 4.78 is 49.2. The lowest BCUT2D eigenvalue weighted by Gasteiger charge is -2.03. The minimum Gasteiger partial charge on any atom is -0.445 e. The zero-order valence-corrected chi connectivity index (χ0v) is 15.6. The Balaban J connectivity index is 2.48. The number of fused-ring (bicyclic) bond motifs is 1. The molecule has 0 saturated heterocycles. The SMILES string of the molecule is FC(F)(F)Sc1c(C#CCOPI)oc2c(Br)cccc12. The monoisotopic (exact) mass is 508 g/mol. The quantitative estimate of drug-likeness (QED) is 0.164. The highest BCUT2D eigenvalue weighted by Gasteiger charge is 2.33. The van der Waals surface area contributed by atoms with Gasteiger partial charge >= 0.3 is 5.51 Å². The molecule has 2 aromatic rings. The summed E-state index contributed by atoms with van der Waals surface area (Å²) in [5, 5.41) is 0.382. The van der Waals surface area contributed by atoms with Crippen LogP contribution in [0.5, 0.6) is 0 Å². The highest BCUT2D eigenvalue weighted by molar-refractivity contribution is 14.2. The molecule has 0 radical (unpaired) electrons. The van der Waals surface area contributed by atoms with Crippen molar-refractivity contribution in [2.24, 2.45) is 0 Å². The van der Waals surface area contributed by atoms with Crippen molar-refractivity contribution >= 4 is 67.2 Å². The molecule has 0 aliphatic heterocycles. The Morgan fingerprint density at radius 3 is 2.86 bits per heavy atom. The van der Waals surface area contributed by atoms with Crippen LogP contribution in [0.25, 0.3) is 11.0 Å². The molecule has 1 heterocycles. The number of para-hydroxylation sites is 1. The maximum Gasteiger partial charge on any atom is 0.446 e. The fourth-order valence-electron chi connectivity index (χ4n) is 1.54. The Morgan fingerprint density at radius 1 is 1.43 bits per heavy atom. The van der Waals surface area contributed by atoms with Gasteiger partial charge in [-0.05, 0) is 67.8 Å². The lowest BCUT2D eigenvalue weighted by Crippen LogP contribution is -1.99. The highest BCUT2D eigenvalue weighted by Crippen LogP contribution is 2.44. The second-order valence-corrected chi connectivity index (χ2v) is 7.29. The van der Waals surface area contributed by atoms with Gasteiger partial charge in [-0.2, -0.15) is 13.2 Å². The fourth-order valence-corrected chi connectivity index (χ4v) is 3.27. The molecule has 112 valence electrons. The zero-order valence-electron chi connectivity index (χ0n) is 10.1. The molecular weight excluding hydrogens is 503 g/mol. The summed E-state index contributed by atoms with van der Waals surface area (Å²) in [6.07, 6.45) is 0. The van der Waals surface area contributed by atoms with E-state index >= 15 is 0 Å². The standard InChI is InChI=1S/C12H6BrF3IO2PS/c13-8-4-1-3-7-10(8)19-9(5-2-6-18-20-17)11(7)21-12(14,15)16/h1,3-4,20H,6H2. The van der Waals surface area contributed by atoms with Crippen LogP contribution in [0, 0.1) is 11.8 Å². The molecule has 2 rings (SSSR count). The van der Waals surface area contributed by atoms with E-state index in [-0.39, 0.29) is 35.5 Å². The lowest BCUT2D eigenvalue weighted by atomic mass is 10.2. The van der Waals surface area contributed by atoms with Gasteiger partial charge in [0.2, 0.25) is 0 Å². The first-order valence-electron chi connectivity index (χ1n) is 5.35. The van der Waals surface area contributed by atoms with Gasteiger partial charge in [-0.1, -0.05) is 12.0 Å². The van der Waals surface area contributed by atoms with Gasteiger partial charge < -0.3 is 8.94 Å². The summed E-state index contributed by atoms with van der Waals surface area (Å²) in [7, 11) is 0. The van der Waals surface area contributed by atoms with E-state index < -0.39 is 5.51 Å². The molecule has 1 unspecified atom stereocenters. The minimum atomic E-state index is -4.41. The predicted octanol–water partition coefficient (Wildman–Crippen LogP) is 6.12. The molecule has 0 bridgehead atoms. The van der Waals surface area contributed by atoms with Crippen LogP contribution >= 0.6 is 56.2 Å². The van der Waals surface area contributed by atoms with Crippen molar-refractivity contribution in [2.45, 2.75) is 10.4 Å². The van der Waals surface area contributed by atoms with Gasteiger partial charge in [-0.3, -0.25) is 0 Å². The Hall–Kier alpha value is 0.0600. The molecule has 2 nitrogen and oxygen atoms in total. The first kappa shape index (κ1) is 17.4. The number of hydrogen-bond acceptors (Lipinski definition) is 3. The van der Waals surface area contributed by atoms with Crippen molar-refractivity contribution in [1.82, 2.24) is 0 Å².